The molecule has 1 heterocycles. The average molecular weight is 235 g/mol. The van der Waals surface area contributed by atoms with E-state index in [0.29, 0.717) is 11.1 Å². The molecule has 1 nitrogen and oxygen atoms in total. The molecule has 0 saturated heterocycles. The van der Waals surface area contributed by atoms with E-state index >= 15 is 0 Å². The molecule has 0 spiro atoms. The minimum absolute atomic E-state index is 0.431. The largest absolute Gasteiger partial charge is 0.240 e. The smallest absolute Gasteiger partial charge is 0.143 e. The maximum atomic E-state index is 5.80. The van der Waals surface area contributed by atoms with E-state index < -0.39 is 0 Å². The number of nitrogens with zero attached hydrogens (tertiary/aromatic N) is 1. The molecule has 0 bridgehead atoms. The number of aromatic nitrogens is 1. The summed E-state index contributed by atoms with van der Waals surface area (Å²) in [7, 11) is 0. The summed E-state index contributed by atoms with van der Waals surface area (Å²) in [4.78, 5) is 4.19. The summed E-state index contributed by atoms with van der Waals surface area (Å²) in [6.07, 6.45) is 0. The van der Waals surface area contributed by atoms with Crippen LogP contribution in [0.25, 0.3) is 0 Å². The zero-order valence-corrected chi connectivity index (χ0v) is 8.78. The van der Waals surface area contributed by atoms with Gasteiger partial charge in [0.15, 0.2) is 0 Å². The van der Waals surface area contributed by atoms with Crippen molar-refractivity contribution in [3.05, 3.63) is 27.5 Å². The van der Waals surface area contributed by atoms with Gasteiger partial charge in [0.2, 0.25) is 0 Å². The van der Waals surface area contributed by atoms with Gasteiger partial charge in [0.25, 0.3) is 0 Å². The van der Waals surface area contributed by atoms with Crippen molar-refractivity contribution in [3.63, 3.8) is 0 Å². The second-order valence-electron chi connectivity index (χ2n) is 2.66. The van der Waals surface area contributed by atoms with E-state index in [2.05, 4.69) is 34.8 Å². The van der Waals surface area contributed by atoms with Crippen LogP contribution in [0.5, 0.6) is 0 Å². The fourth-order valence-corrected chi connectivity index (χ4v) is 1.13. The van der Waals surface area contributed by atoms with Gasteiger partial charge in [-0.1, -0.05) is 25.4 Å². The summed E-state index contributed by atoms with van der Waals surface area (Å²) in [5, 5.41) is 0.538. The first-order valence-electron chi connectivity index (χ1n) is 3.43. The Morgan fingerprint density at radius 3 is 2.55 bits per heavy atom. The molecule has 0 aliphatic rings. The number of hydrogen-bond donors (Lipinski definition) is 0. The summed E-state index contributed by atoms with van der Waals surface area (Å²) in [6, 6.07) is 3.89. The van der Waals surface area contributed by atoms with Crippen LogP contribution < -0.4 is 0 Å². The quantitative estimate of drug-likeness (QED) is 0.676. The van der Waals surface area contributed by atoms with Gasteiger partial charge in [-0.15, -0.1) is 0 Å². The predicted octanol–water partition coefficient (Wildman–Crippen LogP) is 3.62. The number of rotatable bonds is 1. The summed E-state index contributed by atoms with van der Waals surface area (Å²) in [5.74, 6) is 0.431. The molecule has 60 valence electrons. The van der Waals surface area contributed by atoms with Gasteiger partial charge in [0.1, 0.15) is 5.15 Å². The third-order valence-corrected chi connectivity index (χ3v) is 2.57. The fraction of sp³-hybridized carbons (Fsp3) is 0.375. The lowest BCUT2D eigenvalue weighted by Gasteiger charge is -2.04. The van der Waals surface area contributed by atoms with Crippen molar-refractivity contribution in [3.8, 4) is 0 Å². The van der Waals surface area contributed by atoms with Gasteiger partial charge in [-0.05, 0) is 34.0 Å². The molecule has 0 unspecified atom stereocenters. The van der Waals surface area contributed by atoms with Crippen molar-refractivity contribution < 1.29 is 0 Å². The maximum Gasteiger partial charge on any atom is 0.143 e. The van der Waals surface area contributed by atoms with E-state index in [1.165, 1.54) is 0 Å². The van der Waals surface area contributed by atoms with Crippen molar-refractivity contribution in [1.29, 1.82) is 0 Å². The third-order valence-electron chi connectivity index (χ3n) is 1.42. The molecule has 0 atom stereocenters. The number of hydrogen-bond acceptors (Lipinski definition) is 1. The lowest BCUT2D eigenvalue weighted by Crippen LogP contribution is -1.91. The summed E-state index contributed by atoms with van der Waals surface area (Å²) >= 11 is 9.08. The van der Waals surface area contributed by atoms with Crippen molar-refractivity contribution >= 4 is 27.5 Å². The zero-order valence-electron chi connectivity index (χ0n) is 6.44. The molecule has 0 aliphatic carbocycles. The molecule has 11 heavy (non-hydrogen) atoms. The highest BCUT2D eigenvalue weighted by molar-refractivity contribution is 9.10. The average Bonchev–Trinajstić information content (AvgIpc) is 1.94. The van der Waals surface area contributed by atoms with Crippen molar-refractivity contribution in [1.82, 2.24) is 4.98 Å². The lowest BCUT2D eigenvalue weighted by molar-refractivity contribution is 0.822. The SMILES string of the molecule is CC(C)c1ccc(Br)c(Cl)n1. The molecule has 0 fully saturated rings. The molecular formula is C8H9BrClN. The molecule has 3 heteroatoms. The van der Waals surface area contributed by atoms with Crippen LogP contribution in [0.2, 0.25) is 5.15 Å². The Labute approximate surface area is 79.9 Å². The van der Waals surface area contributed by atoms with Crippen molar-refractivity contribution in [2.75, 3.05) is 0 Å². The monoisotopic (exact) mass is 233 g/mol. The van der Waals surface area contributed by atoms with Crippen LogP contribution in [0.3, 0.4) is 0 Å². The van der Waals surface area contributed by atoms with Crippen LogP contribution in [0.4, 0.5) is 0 Å². The Morgan fingerprint density at radius 1 is 1.45 bits per heavy atom. The Kier molecular flexibility index (Phi) is 2.90. The third kappa shape index (κ3) is 2.17. The van der Waals surface area contributed by atoms with Gasteiger partial charge >= 0.3 is 0 Å². The highest BCUT2D eigenvalue weighted by atomic mass is 79.9. The zero-order chi connectivity index (χ0) is 8.43. The van der Waals surface area contributed by atoms with Crippen LogP contribution in [0.1, 0.15) is 25.5 Å². The lowest BCUT2D eigenvalue weighted by atomic mass is 10.1. The van der Waals surface area contributed by atoms with Gasteiger partial charge < -0.3 is 0 Å². The first kappa shape index (κ1) is 9.01. The predicted molar refractivity (Wildman–Crippen MR) is 51.0 cm³/mol. The Morgan fingerprint density at radius 2 is 2.09 bits per heavy atom. The van der Waals surface area contributed by atoms with Gasteiger partial charge in [-0.2, -0.15) is 0 Å². The summed E-state index contributed by atoms with van der Waals surface area (Å²) in [6.45, 7) is 4.18. The number of halogens is 2. The molecule has 0 radical (unpaired) electrons. The van der Waals surface area contributed by atoms with Crippen LogP contribution in [0, 0.1) is 0 Å². The summed E-state index contributed by atoms with van der Waals surface area (Å²) in [5.41, 5.74) is 1.03. The Hall–Kier alpha value is -0.0800. The second-order valence-corrected chi connectivity index (χ2v) is 3.88. The molecule has 0 amide bonds. The van der Waals surface area contributed by atoms with Crippen LogP contribution >= 0.6 is 27.5 Å². The molecule has 1 aromatic heterocycles. The van der Waals surface area contributed by atoms with Gasteiger partial charge in [0.05, 0.1) is 4.47 Å². The van der Waals surface area contributed by atoms with Gasteiger partial charge in [-0.3, -0.25) is 0 Å². The second kappa shape index (κ2) is 3.55. The van der Waals surface area contributed by atoms with E-state index in [4.69, 9.17) is 11.6 Å². The van der Waals surface area contributed by atoms with Crippen LogP contribution in [-0.4, -0.2) is 4.98 Å². The molecule has 1 rings (SSSR count). The van der Waals surface area contributed by atoms with E-state index in [0.717, 1.165) is 10.2 Å². The normalized spacial score (nSPS) is 10.6. The molecule has 0 aliphatic heterocycles. The first-order valence-corrected chi connectivity index (χ1v) is 4.60. The van der Waals surface area contributed by atoms with Crippen LogP contribution in [-0.2, 0) is 0 Å². The van der Waals surface area contributed by atoms with E-state index in [1.54, 1.807) is 0 Å². The van der Waals surface area contributed by atoms with E-state index in [1.807, 2.05) is 12.1 Å². The molecule has 1 aromatic rings. The molecule has 0 N–H and O–H groups in total. The van der Waals surface area contributed by atoms with Gasteiger partial charge in [-0.25, -0.2) is 4.98 Å². The first-order chi connectivity index (χ1) is 5.11. The minimum atomic E-state index is 0.431. The topological polar surface area (TPSA) is 12.9 Å². The van der Waals surface area contributed by atoms with E-state index in [9.17, 15) is 0 Å². The van der Waals surface area contributed by atoms with E-state index in [-0.39, 0.29) is 0 Å². The Bertz CT molecular complexity index is 260. The number of pyridine rings is 1. The van der Waals surface area contributed by atoms with Gasteiger partial charge in [0, 0.05) is 5.69 Å². The molecular weight excluding hydrogens is 225 g/mol. The van der Waals surface area contributed by atoms with Crippen molar-refractivity contribution in [2.45, 2.75) is 19.8 Å². The maximum absolute atomic E-state index is 5.80. The van der Waals surface area contributed by atoms with Crippen molar-refractivity contribution in [2.24, 2.45) is 0 Å². The fourth-order valence-electron chi connectivity index (χ4n) is 0.753. The highest BCUT2D eigenvalue weighted by Gasteiger charge is 2.03. The Balaban J connectivity index is 3.05. The summed E-state index contributed by atoms with van der Waals surface area (Å²) < 4.78 is 0.851. The standard InChI is InChI=1S/C8H9BrClN/c1-5(2)7-4-3-6(9)8(10)11-7/h3-5H,1-2H3. The van der Waals surface area contributed by atoms with Crippen LogP contribution in [0.15, 0.2) is 16.6 Å². The molecule has 0 saturated carbocycles. The minimum Gasteiger partial charge on any atom is -0.240 e. The highest BCUT2D eigenvalue weighted by Crippen LogP contribution is 2.22. The molecule has 0 aromatic carbocycles.